The summed E-state index contributed by atoms with van der Waals surface area (Å²) in [6, 6.07) is -0.454. The second kappa shape index (κ2) is 5.56. The Hall–Kier alpha value is -1.30. The molecule has 0 aromatic heterocycles. The van der Waals surface area contributed by atoms with Gasteiger partial charge in [-0.2, -0.15) is 0 Å². The highest BCUT2D eigenvalue weighted by Gasteiger charge is 2.32. The van der Waals surface area contributed by atoms with Gasteiger partial charge >= 0.3 is 12.0 Å². The Bertz CT molecular complexity index is 335. The molecule has 0 saturated carbocycles. The minimum atomic E-state index is -1.02. The van der Waals surface area contributed by atoms with E-state index in [1.807, 2.05) is 0 Å². The Morgan fingerprint density at radius 1 is 1.33 bits per heavy atom. The molecule has 0 radical (unpaired) electrons. The van der Waals surface area contributed by atoms with E-state index < -0.39 is 12.0 Å². The molecular weight excluding hydrogens is 234 g/mol. The third kappa shape index (κ3) is 3.13. The van der Waals surface area contributed by atoms with Gasteiger partial charge in [0.2, 0.25) is 0 Å². The summed E-state index contributed by atoms with van der Waals surface area (Å²) in [6.07, 6.45) is 4.39. The minimum Gasteiger partial charge on any atom is -0.480 e. The highest BCUT2D eigenvalue weighted by molar-refractivity contribution is 5.82. The molecular formula is C12H21N3O3. The predicted octanol–water partition coefficient (Wildman–Crippen LogP) is 0.386. The minimum absolute atomic E-state index is 0.172. The summed E-state index contributed by atoms with van der Waals surface area (Å²) in [5.41, 5.74) is 0. The Morgan fingerprint density at radius 2 is 2.11 bits per heavy atom. The summed E-state index contributed by atoms with van der Waals surface area (Å²) < 4.78 is 0. The second-order valence-electron chi connectivity index (χ2n) is 5.23. The lowest BCUT2D eigenvalue weighted by molar-refractivity contribution is -0.138. The lowest BCUT2D eigenvalue weighted by Crippen LogP contribution is -2.52. The number of piperidine rings is 1. The molecule has 102 valence electrons. The number of aliphatic carboxylic acids is 1. The SMILES string of the molecule is C[C@H](NC(=O)NC1CCN2CCCC2C1)C(=O)O. The number of amides is 2. The topological polar surface area (TPSA) is 81.7 Å². The molecule has 0 bridgehead atoms. The first kappa shape index (κ1) is 13.1. The molecule has 2 fully saturated rings. The number of nitrogens with zero attached hydrogens (tertiary/aromatic N) is 1. The molecule has 2 heterocycles. The largest absolute Gasteiger partial charge is 0.480 e. The van der Waals surface area contributed by atoms with E-state index in [1.165, 1.54) is 26.3 Å². The summed E-state index contributed by atoms with van der Waals surface area (Å²) in [5.74, 6) is -1.02. The zero-order valence-electron chi connectivity index (χ0n) is 10.7. The fourth-order valence-corrected chi connectivity index (χ4v) is 2.84. The number of carbonyl (C=O) groups is 2. The molecule has 0 aliphatic carbocycles. The van der Waals surface area contributed by atoms with Crippen LogP contribution in [0.25, 0.3) is 0 Å². The van der Waals surface area contributed by atoms with Gasteiger partial charge in [0.15, 0.2) is 0 Å². The molecule has 2 aliphatic heterocycles. The monoisotopic (exact) mass is 255 g/mol. The third-order valence-electron chi connectivity index (χ3n) is 3.87. The van der Waals surface area contributed by atoms with E-state index in [0.29, 0.717) is 6.04 Å². The number of carboxylic acids is 1. The molecule has 2 rings (SSSR count). The van der Waals surface area contributed by atoms with Crippen LogP contribution in [-0.4, -0.2) is 53.2 Å². The average Bonchev–Trinajstić information content (AvgIpc) is 2.75. The van der Waals surface area contributed by atoms with Crippen LogP contribution >= 0.6 is 0 Å². The van der Waals surface area contributed by atoms with Gasteiger partial charge in [-0.3, -0.25) is 4.79 Å². The van der Waals surface area contributed by atoms with Crippen molar-refractivity contribution in [2.45, 2.75) is 50.7 Å². The molecule has 0 aromatic carbocycles. The van der Waals surface area contributed by atoms with Crippen LogP contribution in [0.4, 0.5) is 4.79 Å². The van der Waals surface area contributed by atoms with E-state index in [2.05, 4.69) is 15.5 Å². The van der Waals surface area contributed by atoms with Gasteiger partial charge in [0.25, 0.3) is 0 Å². The van der Waals surface area contributed by atoms with Crippen LogP contribution in [0.2, 0.25) is 0 Å². The third-order valence-corrected chi connectivity index (χ3v) is 3.87. The molecule has 3 N–H and O–H groups in total. The fraction of sp³-hybridized carbons (Fsp3) is 0.833. The molecule has 2 saturated heterocycles. The number of carboxylic acid groups (broad SMARTS) is 1. The number of carbonyl (C=O) groups excluding carboxylic acids is 1. The van der Waals surface area contributed by atoms with Crippen LogP contribution in [0.3, 0.4) is 0 Å². The predicted molar refractivity (Wildman–Crippen MR) is 66.4 cm³/mol. The maximum atomic E-state index is 11.6. The molecule has 2 aliphatic rings. The Kier molecular flexibility index (Phi) is 4.06. The van der Waals surface area contributed by atoms with E-state index >= 15 is 0 Å². The van der Waals surface area contributed by atoms with Crippen molar-refractivity contribution in [3.63, 3.8) is 0 Å². The van der Waals surface area contributed by atoms with Crippen molar-refractivity contribution in [1.29, 1.82) is 0 Å². The van der Waals surface area contributed by atoms with Gasteiger partial charge in [0, 0.05) is 18.6 Å². The van der Waals surface area contributed by atoms with Crippen LogP contribution in [0, 0.1) is 0 Å². The average molecular weight is 255 g/mol. The van der Waals surface area contributed by atoms with Crippen molar-refractivity contribution in [3.8, 4) is 0 Å². The number of fused-ring (bicyclic) bond motifs is 1. The molecule has 2 unspecified atom stereocenters. The van der Waals surface area contributed by atoms with Crippen LogP contribution in [0.1, 0.15) is 32.6 Å². The van der Waals surface area contributed by atoms with Gasteiger partial charge in [-0.05, 0) is 39.2 Å². The van der Waals surface area contributed by atoms with Crippen molar-refractivity contribution in [1.82, 2.24) is 15.5 Å². The first-order chi connectivity index (χ1) is 8.56. The fourth-order valence-electron chi connectivity index (χ4n) is 2.84. The molecule has 3 atom stereocenters. The lowest BCUT2D eigenvalue weighted by atomic mass is 9.98. The maximum Gasteiger partial charge on any atom is 0.325 e. The van der Waals surface area contributed by atoms with Crippen molar-refractivity contribution >= 4 is 12.0 Å². The van der Waals surface area contributed by atoms with Crippen LogP contribution in [0.15, 0.2) is 0 Å². The van der Waals surface area contributed by atoms with Crippen LogP contribution in [-0.2, 0) is 4.79 Å². The first-order valence-corrected chi connectivity index (χ1v) is 6.60. The normalized spacial score (nSPS) is 29.4. The number of urea groups is 1. The molecule has 2 amide bonds. The smallest absolute Gasteiger partial charge is 0.325 e. The Morgan fingerprint density at radius 3 is 2.83 bits per heavy atom. The molecule has 6 nitrogen and oxygen atoms in total. The van der Waals surface area contributed by atoms with Crippen molar-refractivity contribution in [3.05, 3.63) is 0 Å². The maximum absolute atomic E-state index is 11.6. The number of rotatable bonds is 3. The van der Waals surface area contributed by atoms with Gasteiger partial charge in [-0.1, -0.05) is 0 Å². The lowest BCUT2D eigenvalue weighted by Gasteiger charge is -2.35. The second-order valence-corrected chi connectivity index (χ2v) is 5.23. The highest BCUT2D eigenvalue weighted by atomic mass is 16.4. The van der Waals surface area contributed by atoms with Gasteiger partial charge in [0.1, 0.15) is 6.04 Å². The highest BCUT2D eigenvalue weighted by Crippen LogP contribution is 2.26. The number of hydrogen-bond acceptors (Lipinski definition) is 3. The molecule has 6 heteroatoms. The first-order valence-electron chi connectivity index (χ1n) is 6.60. The number of nitrogens with one attached hydrogen (secondary N) is 2. The van der Waals surface area contributed by atoms with Crippen molar-refractivity contribution < 1.29 is 14.7 Å². The van der Waals surface area contributed by atoms with E-state index in [9.17, 15) is 9.59 Å². The molecule has 0 aromatic rings. The van der Waals surface area contributed by atoms with Gasteiger partial charge in [-0.15, -0.1) is 0 Å². The van der Waals surface area contributed by atoms with Gasteiger partial charge < -0.3 is 20.6 Å². The number of hydrogen-bond donors (Lipinski definition) is 3. The summed E-state index contributed by atoms with van der Waals surface area (Å²) in [7, 11) is 0. The summed E-state index contributed by atoms with van der Waals surface area (Å²) in [6.45, 7) is 3.67. The van der Waals surface area contributed by atoms with Gasteiger partial charge in [0.05, 0.1) is 0 Å². The summed E-state index contributed by atoms with van der Waals surface area (Å²) in [4.78, 5) is 24.7. The van der Waals surface area contributed by atoms with Crippen molar-refractivity contribution in [2.24, 2.45) is 0 Å². The molecule has 18 heavy (non-hydrogen) atoms. The van der Waals surface area contributed by atoms with Crippen LogP contribution < -0.4 is 10.6 Å². The van der Waals surface area contributed by atoms with Gasteiger partial charge in [-0.25, -0.2) is 4.79 Å². The Labute approximate surface area is 107 Å². The quantitative estimate of drug-likeness (QED) is 0.681. The van der Waals surface area contributed by atoms with E-state index in [1.54, 1.807) is 0 Å². The van der Waals surface area contributed by atoms with E-state index in [4.69, 9.17) is 5.11 Å². The van der Waals surface area contributed by atoms with Crippen LogP contribution in [0.5, 0.6) is 0 Å². The Balaban J connectivity index is 1.76. The summed E-state index contributed by atoms with van der Waals surface area (Å²) in [5, 5.41) is 14.0. The standard InChI is InChI=1S/C12H21N3O3/c1-8(11(16)17)13-12(18)14-9-4-6-15-5-2-3-10(15)7-9/h8-10H,2-7H2,1H3,(H,16,17)(H2,13,14,18)/t8-,9?,10?/m0/s1. The summed E-state index contributed by atoms with van der Waals surface area (Å²) >= 11 is 0. The van der Waals surface area contributed by atoms with E-state index in [-0.39, 0.29) is 12.1 Å². The van der Waals surface area contributed by atoms with Crippen molar-refractivity contribution in [2.75, 3.05) is 13.1 Å². The molecule has 0 spiro atoms. The zero-order chi connectivity index (χ0) is 13.1. The van der Waals surface area contributed by atoms with E-state index in [0.717, 1.165) is 19.4 Å². The zero-order valence-corrected chi connectivity index (χ0v) is 10.7.